The van der Waals surface area contributed by atoms with Gasteiger partial charge in [-0.3, -0.25) is 14.8 Å². The molecule has 0 aromatic carbocycles. The summed E-state index contributed by atoms with van der Waals surface area (Å²) in [5.74, 6) is 0.267. The molecule has 2 aliphatic rings. The van der Waals surface area contributed by atoms with Crippen molar-refractivity contribution in [2.45, 2.75) is 63.6 Å². The van der Waals surface area contributed by atoms with Gasteiger partial charge in [0.25, 0.3) is 0 Å². The van der Waals surface area contributed by atoms with Crippen molar-refractivity contribution in [3.8, 4) is 0 Å². The standard InChI is InChI=1S/C16H25N3O2/c1-12-10-17-19(11-12)9-7-13-4-3-8-16(13,15(20)21-2)18-14-5-6-14/h10-11,13-14,18H,3-9H2,1-2H3. The van der Waals surface area contributed by atoms with Gasteiger partial charge in [0.2, 0.25) is 0 Å². The Kier molecular flexibility index (Phi) is 4.02. The number of hydrogen-bond donors (Lipinski definition) is 1. The number of rotatable bonds is 6. The second-order valence-corrected chi connectivity index (χ2v) is 6.54. The van der Waals surface area contributed by atoms with Crippen LogP contribution >= 0.6 is 0 Å². The van der Waals surface area contributed by atoms with E-state index in [0.29, 0.717) is 12.0 Å². The maximum absolute atomic E-state index is 12.4. The van der Waals surface area contributed by atoms with Crippen molar-refractivity contribution in [3.05, 3.63) is 18.0 Å². The zero-order valence-electron chi connectivity index (χ0n) is 13.0. The smallest absolute Gasteiger partial charge is 0.326 e. The molecule has 2 fully saturated rings. The number of aromatic nitrogens is 2. The molecule has 2 saturated carbocycles. The highest BCUT2D eigenvalue weighted by Gasteiger charge is 2.51. The van der Waals surface area contributed by atoms with E-state index in [0.717, 1.165) is 32.2 Å². The summed E-state index contributed by atoms with van der Waals surface area (Å²) in [6.45, 7) is 2.91. The number of esters is 1. The lowest BCUT2D eigenvalue weighted by atomic mass is 9.84. The lowest BCUT2D eigenvalue weighted by molar-refractivity contribution is -0.150. The molecule has 2 unspecified atom stereocenters. The Balaban J connectivity index is 1.70. The summed E-state index contributed by atoms with van der Waals surface area (Å²) in [5.41, 5.74) is 0.717. The van der Waals surface area contributed by atoms with Crippen molar-refractivity contribution < 1.29 is 9.53 Å². The molecule has 21 heavy (non-hydrogen) atoms. The summed E-state index contributed by atoms with van der Waals surface area (Å²) in [7, 11) is 1.50. The number of methoxy groups -OCH3 is 1. The Morgan fingerprint density at radius 3 is 2.95 bits per heavy atom. The third kappa shape index (κ3) is 2.98. The molecule has 5 heteroatoms. The van der Waals surface area contributed by atoms with Crippen LogP contribution in [0.3, 0.4) is 0 Å². The Morgan fingerprint density at radius 1 is 1.52 bits per heavy atom. The first-order valence-corrected chi connectivity index (χ1v) is 7.99. The van der Waals surface area contributed by atoms with Gasteiger partial charge < -0.3 is 4.74 Å². The minimum absolute atomic E-state index is 0.0754. The van der Waals surface area contributed by atoms with Crippen LogP contribution in [0.5, 0.6) is 0 Å². The highest BCUT2D eigenvalue weighted by molar-refractivity contribution is 5.81. The van der Waals surface area contributed by atoms with Gasteiger partial charge in [-0.25, -0.2) is 0 Å². The third-order valence-electron chi connectivity index (χ3n) is 4.88. The second kappa shape index (κ2) is 5.79. The first kappa shape index (κ1) is 14.6. The SMILES string of the molecule is COC(=O)C1(NC2CC2)CCCC1CCn1cc(C)cn1. The fourth-order valence-electron chi connectivity index (χ4n) is 3.64. The molecule has 2 aliphatic carbocycles. The molecule has 1 N–H and O–H groups in total. The van der Waals surface area contributed by atoms with Gasteiger partial charge in [0, 0.05) is 18.8 Å². The molecular weight excluding hydrogens is 266 g/mol. The van der Waals surface area contributed by atoms with Crippen LogP contribution in [0, 0.1) is 12.8 Å². The normalized spacial score (nSPS) is 28.8. The van der Waals surface area contributed by atoms with Crippen LogP contribution in [0.15, 0.2) is 12.4 Å². The van der Waals surface area contributed by atoms with Crippen LogP contribution in [-0.4, -0.2) is 34.4 Å². The summed E-state index contributed by atoms with van der Waals surface area (Å²) >= 11 is 0. The van der Waals surface area contributed by atoms with Gasteiger partial charge in [0.05, 0.1) is 13.3 Å². The van der Waals surface area contributed by atoms with Gasteiger partial charge in [-0.2, -0.15) is 5.10 Å². The quantitative estimate of drug-likeness (QED) is 0.815. The number of nitrogens with zero attached hydrogens (tertiary/aromatic N) is 2. The van der Waals surface area contributed by atoms with E-state index in [4.69, 9.17) is 4.74 Å². The molecule has 1 aromatic heterocycles. The van der Waals surface area contributed by atoms with E-state index < -0.39 is 5.54 Å². The molecular formula is C16H25N3O2. The van der Waals surface area contributed by atoms with E-state index in [-0.39, 0.29) is 5.97 Å². The van der Waals surface area contributed by atoms with Crippen LogP contribution in [0.2, 0.25) is 0 Å². The van der Waals surface area contributed by atoms with Gasteiger partial charge in [-0.1, -0.05) is 6.42 Å². The van der Waals surface area contributed by atoms with Crippen molar-refractivity contribution in [1.82, 2.24) is 15.1 Å². The molecule has 5 nitrogen and oxygen atoms in total. The molecule has 0 aliphatic heterocycles. The lowest BCUT2D eigenvalue weighted by Gasteiger charge is -2.34. The van der Waals surface area contributed by atoms with E-state index in [1.54, 1.807) is 0 Å². The highest BCUT2D eigenvalue weighted by atomic mass is 16.5. The number of ether oxygens (including phenoxy) is 1. The minimum atomic E-state index is -0.460. The average Bonchev–Trinajstić information content (AvgIpc) is 3.04. The molecule has 0 bridgehead atoms. The van der Waals surface area contributed by atoms with Crippen LogP contribution in [0.25, 0.3) is 0 Å². The molecule has 0 saturated heterocycles. The topological polar surface area (TPSA) is 56.1 Å². The fourth-order valence-corrected chi connectivity index (χ4v) is 3.64. The number of carbonyl (C=O) groups is 1. The van der Waals surface area contributed by atoms with Gasteiger partial charge in [-0.05, 0) is 50.5 Å². The van der Waals surface area contributed by atoms with Crippen LogP contribution in [0.1, 0.15) is 44.1 Å². The molecule has 0 amide bonds. The molecule has 1 aromatic rings. The number of aryl methyl sites for hydroxylation is 2. The largest absolute Gasteiger partial charge is 0.468 e. The molecule has 2 atom stereocenters. The number of hydrogen-bond acceptors (Lipinski definition) is 4. The van der Waals surface area contributed by atoms with E-state index in [2.05, 4.69) is 16.6 Å². The van der Waals surface area contributed by atoms with Crippen molar-refractivity contribution >= 4 is 5.97 Å². The van der Waals surface area contributed by atoms with Crippen LogP contribution in [-0.2, 0) is 16.1 Å². The van der Waals surface area contributed by atoms with E-state index in [9.17, 15) is 4.79 Å². The first-order chi connectivity index (χ1) is 10.1. The molecule has 0 radical (unpaired) electrons. The maximum atomic E-state index is 12.4. The average molecular weight is 291 g/mol. The molecule has 3 rings (SSSR count). The Hall–Kier alpha value is -1.36. The summed E-state index contributed by atoms with van der Waals surface area (Å²) in [4.78, 5) is 12.4. The van der Waals surface area contributed by atoms with Crippen LogP contribution in [0.4, 0.5) is 0 Å². The lowest BCUT2D eigenvalue weighted by Crippen LogP contribution is -2.56. The molecule has 0 spiro atoms. The highest BCUT2D eigenvalue weighted by Crippen LogP contribution is 2.41. The van der Waals surface area contributed by atoms with Gasteiger partial charge >= 0.3 is 5.97 Å². The van der Waals surface area contributed by atoms with Crippen LogP contribution < -0.4 is 5.32 Å². The summed E-state index contributed by atoms with van der Waals surface area (Å²) in [5, 5.41) is 7.95. The van der Waals surface area contributed by atoms with E-state index in [1.165, 1.54) is 25.5 Å². The Labute approximate surface area is 126 Å². The van der Waals surface area contributed by atoms with Crippen molar-refractivity contribution in [1.29, 1.82) is 0 Å². The van der Waals surface area contributed by atoms with Crippen molar-refractivity contribution in [2.24, 2.45) is 5.92 Å². The molecule has 1 heterocycles. The first-order valence-electron chi connectivity index (χ1n) is 7.99. The predicted molar refractivity (Wildman–Crippen MR) is 79.8 cm³/mol. The molecule has 116 valence electrons. The predicted octanol–water partition coefficient (Wildman–Crippen LogP) is 2.05. The maximum Gasteiger partial charge on any atom is 0.326 e. The summed E-state index contributed by atoms with van der Waals surface area (Å²) in [6, 6.07) is 0.511. The fraction of sp³-hybridized carbons (Fsp3) is 0.750. The Bertz CT molecular complexity index is 509. The third-order valence-corrected chi connectivity index (χ3v) is 4.88. The van der Waals surface area contributed by atoms with Gasteiger partial charge in [0.1, 0.15) is 5.54 Å². The summed E-state index contributed by atoms with van der Waals surface area (Å²) in [6.07, 6.45) is 10.4. The van der Waals surface area contributed by atoms with Crippen molar-refractivity contribution in [2.75, 3.05) is 7.11 Å². The zero-order valence-corrected chi connectivity index (χ0v) is 13.0. The van der Waals surface area contributed by atoms with Gasteiger partial charge in [0.15, 0.2) is 0 Å². The Morgan fingerprint density at radius 2 is 2.33 bits per heavy atom. The minimum Gasteiger partial charge on any atom is -0.468 e. The second-order valence-electron chi connectivity index (χ2n) is 6.54. The van der Waals surface area contributed by atoms with E-state index >= 15 is 0 Å². The monoisotopic (exact) mass is 291 g/mol. The zero-order chi connectivity index (χ0) is 14.9. The van der Waals surface area contributed by atoms with Gasteiger partial charge in [-0.15, -0.1) is 0 Å². The summed E-state index contributed by atoms with van der Waals surface area (Å²) < 4.78 is 7.11. The number of nitrogens with one attached hydrogen (secondary N) is 1. The van der Waals surface area contributed by atoms with E-state index in [1.807, 2.05) is 17.8 Å². The van der Waals surface area contributed by atoms with Crippen molar-refractivity contribution in [3.63, 3.8) is 0 Å². The number of carbonyl (C=O) groups excluding carboxylic acids is 1.